The average molecular weight is 279 g/mol. The maximum absolute atomic E-state index is 12.1. The molecule has 1 heterocycles. The summed E-state index contributed by atoms with van der Waals surface area (Å²) >= 11 is 1.22. The van der Waals surface area contributed by atoms with Crippen LogP contribution < -0.4 is 10.1 Å². The normalized spacial score (nSPS) is 18.2. The summed E-state index contributed by atoms with van der Waals surface area (Å²) in [5.74, 6) is 0.0195. The SMILES string of the molecule is CC(=O)Oc1ccccc1C(=O)N[C@H]1CCSC1=O. The lowest BCUT2D eigenvalue weighted by atomic mass is 10.1. The van der Waals surface area contributed by atoms with Crippen LogP contribution in [0.1, 0.15) is 23.7 Å². The fourth-order valence-corrected chi connectivity index (χ4v) is 2.69. The van der Waals surface area contributed by atoms with E-state index in [1.807, 2.05) is 0 Å². The molecule has 0 radical (unpaired) electrons. The molecule has 1 fully saturated rings. The predicted octanol–water partition coefficient (Wildman–Crippen LogP) is 1.37. The maximum Gasteiger partial charge on any atom is 0.308 e. The zero-order valence-electron chi connectivity index (χ0n) is 10.3. The van der Waals surface area contributed by atoms with Gasteiger partial charge < -0.3 is 10.1 Å². The molecule has 1 aromatic carbocycles. The molecule has 2 rings (SSSR count). The number of hydrogen-bond acceptors (Lipinski definition) is 5. The highest BCUT2D eigenvalue weighted by atomic mass is 32.2. The molecule has 0 unspecified atom stereocenters. The Morgan fingerprint density at radius 3 is 2.74 bits per heavy atom. The third-order valence-corrected chi connectivity index (χ3v) is 3.63. The van der Waals surface area contributed by atoms with Crippen molar-refractivity contribution in [3.63, 3.8) is 0 Å². The molecule has 5 nitrogen and oxygen atoms in total. The lowest BCUT2D eigenvalue weighted by Gasteiger charge is -2.12. The molecule has 1 aliphatic heterocycles. The van der Waals surface area contributed by atoms with Gasteiger partial charge in [0.2, 0.25) is 5.12 Å². The zero-order valence-corrected chi connectivity index (χ0v) is 11.2. The molecule has 1 aromatic rings. The molecule has 1 N–H and O–H groups in total. The van der Waals surface area contributed by atoms with E-state index in [1.54, 1.807) is 24.3 Å². The minimum atomic E-state index is -0.493. The first-order valence-electron chi connectivity index (χ1n) is 5.83. The first kappa shape index (κ1) is 13.6. The Kier molecular flexibility index (Phi) is 4.21. The Labute approximate surface area is 114 Å². The summed E-state index contributed by atoms with van der Waals surface area (Å²) in [5.41, 5.74) is 0.252. The van der Waals surface area contributed by atoms with Crippen molar-refractivity contribution in [2.45, 2.75) is 19.4 Å². The summed E-state index contributed by atoms with van der Waals surface area (Å²) in [6.45, 7) is 1.27. The molecule has 0 aliphatic carbocycles. The van der Waals surface area contributed by atoms with Crippen LogP contribution in [-0.4, -0.2) is 28.8 Å². The van der Waals surface area contributed by atoms with Crippen molar-refractivity contribution in [2.24, 2.45) is 0 Å². The number of benzene rings is 1. The van der Waals surface area contributed by atoms with E-state index in [1.165, 1.54) is 18.7 Å². The van der Waals surface area contributed by atoms with Crippen LogP contribution in [0.25, 0.3) is 0 Å². The number of nitrogens with one attached hydrogen (secondary N) is 1. The smallest absolute Gasteiger partial charge is 0.308 e. The number of para-hydroxylation sites is 1. The highest BCUT2D eigenvalue weighted by molar-refractivity contribution is 8.14. The zero-order chi connectivity index (χ0) is 13.8. The van der Waals surface area contributed by atoms with Crippen LogP contribution in [0.4, 0.5) is 0 Å². The number of amides is 1. The monoisotopic (exact) mass is 279 g/mol. The fourth-order valence-electron chi connectivity index (χ4n) is 1.76. The molecule has 0 saturated carbocycles. The van der Waals surface area contributed by atoms with E-state index in [0.717, 1.165) is 5.75 Å². The summed E-state index contributed by atoms with van der Waals surface area (Å²) < 4.78 is 4.97. The standard InChI is InChI=1S/C13H13NO4S/c1-8(15)18-11-5-3-2-4-9(11)12(16)14-10-6-7-19-13(10)17/h2-5,10H,6-7H2,1H3,(H,14,16)/t10-/m0/s1. The van der Waals surface area contributed by atoms with Gasteiger partial charge in [-0.3, -0.25) is 14.4 Å². The molecule has 0 bridgehead atoms. The second-order valence-electron chi connectivity index (χ2n) is 4.07. The van der Waals surface area contributed by atoms with Gasteiger partial charge in [0, 0.05) is 12.7 Å². The summed E-state index contributed by atoms with van der Waals surface area (Å²) in [6, 6.07) is 5.99. The highest BCUT2D eigenvalue weighted by Crippen LogP contribution is 2.22. The third kappa shape index (κ3) is 3.35. The number of carbonyl (C=O) groups is 3. The summed E-state index contributed by atoms with van der Waals surface area (Å²) in [6.07, 6.45) is 0.630. The topological polar surface area (TPSA) is 72.5 Å². The van der Waals surface area contributed by atoms with Gasteiger partial charge in [-0.1, -0.05) is 23.9 Å². The van der Waals surface area contributed by atoms with E-state index in [4.69, 9.17) is 4.74 Å². The number of carbonyl (C=O) groups excluding carboxylic acids is 3. The second kappa shape index (κ2) is 5.88. The Balaban J connectivity index is 2.14. The quantitative estimate of drug-likeness (QED) is 0.668. The van der Waals surface area contributed by atoms with E-state index in [-0.39, 0.29) is 16.4 Å². The van der Waals surface area contributed by atoms with Gasteiger partial charge in [-0.25, -0.2) is 0 Å². The van der Waals surface area contributed by atoms with Crippen molar-refractivity contribution in [1.29, 1.82) is 0 Å². The van der Waals surface area contributed by atoms with E-state index < -0.39 is 17.9 Å². The molecule has 0 spiro atoms. The highest BCUT2D eigenvalue weighted by Gasteiger charge is 2.27. The Hall–Kier alpha value is -1.82. The molecular formula is C13H13NO4S. The van der Waals surface area contributed by atoms with Gasteiger partial charge in [-0.2, -0.15) is 0 Å². The number of hydrogen-bond donors (Lipinski definition) is 1. The van der Waals surface area contributed by atoms with Gasteiger partial charge >= 0.3 is 5.97 Å². The van der Waals surface area contributed by atoms with Crippen LogP contribution in [0.15, 0.2) is 24.3 Å². The van der Waals surface area contributed by atoms with Crippen molar-refractivity contribution in [3.8, 4) is 5.75 Å². The van der Waals surface area contributed by atoms with Crippen molar-refractivity contribution in [3.05, 3.63) is 29.8 Å². The summed E-state index contributed by atoms with van der Waals surface area (Å²) in [5, 5.41) is 2.63. The van der Waals surface area contributed by atoms with Crippen molar-refractivity contribution in [1.82, 2.24) is 5.32 Å². The van der Waals surface area contributed by atoms with Gasteiger partial charge in [0.1, 0.15) is 5.75 Å². The van der Waals surface area contributed by atoms with Crippen LogP contribution in [0.2, 0.25) is 0 Å². The molecule has 1 aliphatic rings. The number of rotatable bonds is 3. The van der Waals surface area contributed by atoms with Gasteiger partial charge in [0.15, 0.2) is 0 Å². The molecule has 19 heavy (non-hydrogen) atoms. The number of thioether (sulfide) groups is 1. The van der Waals surface area contributed by atoms with Gasteiger partial charge in [-0.15, -0.1) is 0 Å². The first-order valence-corrected chi connectivity index (χ1v) is 6.81. The van der Waals surface area contributed by atoms with Gasteiger partial charge in [-0.05, 0) is 18.6 Å². The minimum absolute atomic E-state index is 0.0293. The summed E-state index contributed by atoms with van der Waals surface area (Å²) in [7, 11) is 0. The third-order valence-electron chi connectivity index (χ3n) is 2.63. The van der Waals surface area contributed by atoms with Crippen LogP contribution >= 0.6 is 11.8 Å². The lowest BCUT2D eigenvalue weighted by molar-refractivity contribution is -0.131. The van der Waals surface area contributed by atoms with E-state index in [0.29, 0.717) is 6.42 Å². The van der Waals surface area contributed by atoms with E-state index >= 15 is 0 Å². The van der Waals surface area contributed by atoms with Crippen molar-refractivity contribution >= 4 is 28.8 Å². The summed E-state index contributed by atoms with van der Waals surface area (Å²) in [4.78, 5) is 34.5. The van der Waals surface area contributed by atoms with Crippen molar-refractivity contribution in [2.75, 3.05) is 5.75 Å². The molecule has 0 aromatic heterocycles. The van der Waals surface area contributed by atoms with Crippen LogP contribution in [-0.2, 0) is 9.59 Å². The average Bonchev–Trinajstić information content (AvgIpc) is 2.75. The van der Waals surface area contributed by atoms with Gasteiger partial charge in [0.25, 0.3) is 5.91 Å². The maximum atomic E-state index is 12.1. The molecule has 6 heteroatoms. The number of esters is 1. The van der Waals surface area contributed by atoms with Crippen LogP contribution in [0.5, 0.6) is 5.75 Å². The Morgan fingerprint density at radius 2 is 2.11 bits per heavy atom. The predicted molar refractivity (Wildman–Crippen MR) is 71.1 cm³/mol. The minimum Gasteiger partial charge on any atom is -0.426 e. The lowest BCUT2D eigenvalue weighted by Crippen LogP contribution is -2.37. The van der Waals surface area contributed by atoms with Crippen LogP contribution in [0.3, 0.4) is 0 Å². The first-order chi connectivity index (χ1) is 9.08. The largest absolute Gasteiger partial charge is 0.426 e. The fraction of sp³-hybridized carbons (Fsp3) is 0.308. The second-order valence-corrected chi connectivity index (χ2v) is 5.17. The molecule has 1 amide bonds. The molecular weight excluding hydrogens is 266 g/mol. The number of ether oxygens (including phenoxy) is 1. The van der Waals surface area contributed by atoms with E-state index in [2.05, 4.69) is 5.32 Å². The van der Waals surface area contributed by atoms with Crippen molar-refractivity contribution < 1.29 is 19.1 Å². The van der Waals surface area contributed by atoms with E-state index in [9.17, 15) is 14.4 Å². The molecule has 1 saturated heterocycles. The van der Waals surface area contributed by atoms with Gasteiger partial charge in [0.05, 0.1) is 11.6 Å². The van der Waals surface area contributed by atoms with Crippen LogP contribution in [0, 0.1) is 0 Å². The Morgan fingerprint density at radius 1 is 1.37 bits per heavy atom. The molecule has 100 valence electrons. The molecule has 1 atom stereocenters. The Bertz CT molecular complexity index is 529.